The lowest BCUT2D eigenvalue weighted by molar-refractivity contribution is -0.137. The van der Waals surface area contributed by atoms with Crippen molar-refractivity contribution in [1.82, 2.24) is 5.32 Å². The molecule has 0 aliphatic carbocycles. The van der Waals surface area contributed by atoms with E-state index in [2.05, 4.69) is 0 Å². The molecule has 0 radical (unpaired) electrons. The van der Waals surface area contributed by atoms with Gasteiger partial charge in [0.2, 0.25) is 0 Å². The number of carbonyl (C=O) groups is 4. The van der Waals surface area contributed by atoms with E-state index >= 15 is 0 Å². The molecule has 1 heterocycles. The lowest BCUT2D eigenvalue weighted by atomic mass is 10.1. The summed E-state index contributed by atoms with van der Waals surface area (Å²) in [6, 6.07) is 12.3. The van der Waals surface area contributed by atoms with Gasteiger partial charge in [-0.25, -0.2) is 14.5 Å². The first kappa shape index (κ1) is 25.9. The Morgan fingerprint density at radius 1 is 0.946 bits per heavy atom. The van der Waals surface area contributed by atoms with Crippen LogP contribution in [0.1, 0.15) is 21.5 Å². The maximum atomic E-state index is 13.1. The van der Waals surface area contributed by atoms with Crippen molar-refractivity contribution in [3.63, 3.8) is 0 Å². The van der Waals surface area contributed by atoms with Gasteiger partial charge in [-0.1, -0.05) is 47.5 Å². The lowest BCUT2D eigenvalue weighted by Gasteiger charge is -2.27. The fourth-order valence-electron chi connectivity index (χ4n) is 3.37. The van der Waals surface area contributed by atoms with Gasteiger partial charge in [0, 0.05) is 10.6 Å². The molecule has 3 aromatic rings. The van der Waals surface area contributed by atoms with Crippen molar-refractivity contribution < 1.29 is 37.1 Å². The molecule has 4 amide bonds. The van der Waals surface area contributed by atoms with Crippen LogP contribution in [0, 0.1) is 0 Å². The number of amides is 4. The summed E-state index contributed by atoms with van der Waals surface area (Å²) in [5.41, 5.74) is -1.97. The zero-order valence-electron chi connectivity index (χ0n) is 18.3. The van der Waals surface area contributed by atoms with Gasteiger partial charge in [-0.15, -0.1) is 0 Å². The maximum Gasteiger partial charge on any atom is 0.416 e. The fraction of sp³-hybridized carbons (Fsp3) is 0.0400. The quantitative estimate of drug-likeness (QED) is 0.190. The second-order valence-corrected chi connectivity index (χ2v) is 8.40. The highest BCUT2D eigenvalue weighted by molar-refractivity contribution is 6.39. The number of hydrogen-bond acceptors (Lipinski definition) is 5. The average molecular weight is 549 g/mol. The molecule has 1 N–H and O–H groups in total. The van der Waals surface area contributed by atoms with Crippen LogP contribution in [0.4, 0.5) is 23.7 Å². The molecule has 0 unspecified atom stereocenters. The Labute approximate surface area is 217 Å². The Bertz CT molecular complexity index is 1490. The number of ether oxygens (including phenoxy) is 1. The van der Waals surface area contributed by atoms with E-state index in [1.54, 1.807) is 0 Å². The van der Waals surface area contributed by atoms with Crippen LogP contribution in [0.2, 0.25) is 10.0 Å². The summed E-state index contributed by atoms with van der Waals surface area (Å²) in [5, 5.41) is 2.26. The van der Waals surface area contributed by atoms with E-state index in [1.807, 2.05) is 5.32 Å². The van der Waals surface area contributed by atoms with Crippen LogP contribution in [-0.2, 0) is 15.8 Å². The number of esters is 1. The SMILES string of the molecule is O=C1NC(=O)N(c2cccc(C(F)(F)F)c2)C(=O)/C1=C\c1ccccc1OC(=O)c1ccc(Cl)cc1Cl. The van der Waals surface area contributed by atoms with Gasteiger partial charge in [0.05, 0.1) is 21.8 Å². The Balaban J connectivity index is 1.69. The first-order valence-electron chi connectivity index (χ1n) is 10.3. The number of para-hydroxylation sites is 1. The largest absolute Gasteiger partial charge is 0.422 e. The molecule has 1 fully saturated rings. The van der Waals surface area contributed by atoms with Gasteiger partial charge in [-0.05, 0) is 48.5 Å². The van der Waals surface area contributed by atoms with E-state index in [0.29, 0.717) is 16.0 Å². The molecule has 3 aromatic carbocycles. The Morgan fingerprint density at radius 3 is 2.38 bits per heavy atom. The van der Waals surface area contributed by atoms with Crippen molar-refractivity contribution >= 4 is 58.8 Å². The first-order valence-corrected chi connectivity index (χ1v) is 11.1. The van der Waals surface area contributed by atoms with Crippen LogP contribution in [-0.4, -0.2) is 23.8 Å². The van der Waals surface area contributed by atoms with Gasteiger partial charge in [0.25, 0.3) is 11.8 Å². The van der Waals surface area contributed by atoms with Crippen molar-refractivity contribution in [3.8, 4) is 5.75 Å². The number of rotatable bonds is 4. The summed E-state index contributed by atoms with van der Waals surface area (Å²) < 4.78 is 44.8. The molecule has 0 aromatic heterocycles. The highest BCUT2D eigenvalue weighted by Crippen LogP contribution is 2.33. The van der Waals surface area contributed by atoms with Crippen molar-refractivity contribution in [2.24, 2.45) is 0 Å². The highest BCUT2D eigenvalue weighted by atomic mass is 35.5. The number of anilines is 1. The number of halogens is 5. The fourth-order valence-corrected chi connectivity index (χ4v) is 3.86. The van der Waals surface area contributed by atoms with Gasteiger partial charge >= 0.3 is 18.2 Å². The summed E-state index contributed by atoms with van der Waals surface area (Å²) in [6.07, 6.45) is -3.67. The molecule has 1 saturated heterocycles. The molecule has 0 spiro atoms. The van der Waals surface area contributed by atoms with Gasteiger partial charge in [0.15, 0.2) is 0 Å². The Kier molecular flexibility index (Phi) is 7.06. The molecule has 7 nitrogen and oxygen atoms in total. The highest BCUT2D eigenvalue weighted by Gasteiger charge is 2.38. The molecular weight excluding hydrogens is 536 g/mol. The molecule has 12 heteroatoms. The van der Waals surface area contributed by atoms with Crippen LogP contribution < -0.4 is 15.0 Å². The van der Waals surface area contributed by atoms with Crippen LogP contribution in [0.25, 0.3) is 6.08 Å². The second kappa shape index (κ2) is 10.1. The average Bonchev–Trinajstić information content (AvgIpc) is 2.82. The van der Waals surface area contributed by atoms with E-state index in [-0.39, 0.29) is 21.9 Å². The molecule has 4 rings (SSSR count). The number of imide groups is 2. The summed E-state index contributed by atoms with van der Waals surface area (Å²) >= 11 is 11.9. The predicted molar refractivity (Wildman–Crippen MR) is 128 cm³/mol. The molecule has 0 atom stereocenters. The predicted octanol–water partition coefficient (Wildman–Crippen LogP) is 5.90. The van der Waals surface area contributed by atoms with Crippen LogP contribution >= 0.6 is 23.2 Å². The van der Waals surface area contributed by atoms with Crippen molar-refractivity contribution in [1.29, 1.82) is 0 Å². The number of carbonyl (C=O) groups excluding carboxylic acids is 4. The molecule has 188 valence electrons. The van der Waals surface area contributed by atoms with E-state index in [9.17, 15) is 32.3 Å². The number of barbiturate groups is 1. The minimum absolute atomic E-state index is 0.00123. The van der Waals surface area contributed by atoms with Gasteiger partial charge < -0.3 is 4.74 Å². The minimum atomic E-state index is -4.73. The summed E-state index contributed by atoms with van der Waals surface area (Å²) in [4.78, 5) is 51.0. The Morgan fingerprint density at radius 2 is 1.68 bits per heavy atom. The van der Waals surface area contributed by atoms with Gasteiger partial charge in [-0.3, -0.25) is 14.9 Å². The standard InChI is InChI=1S/C25H13Cl2F3N2O5/c26-15-8-9-17(19(27)12-15)23(35)37-20-7-2-1-4-13(20)10-18-21(33)31-24(36)32(22(18)34)16-6-3-5-14(11-16)25(28,29)30/h1-12H,(H,31,33,36)/b18-10-. The molecule has 0 saturated carbocycles. The topological polar surface area (TPSA) is 92.8 Å². The van der Waals surface area contributed by atoms with Crippen LogP contribution in [0.3, 0.4) is 0 Å². The van der Waals surface area contributed by atoms with Crippen molar-refractivity contribution in [3.05, 3.63) is 99.0 Å². The number of nitrogens with zero attached hydrogens (tertiary/aromatic N) is 1. The zero-order chi connectivity index (χ0) is 26.9. The lowest BCUT2D eigenvalue weighted by Crippen LogP contribution is -2.54. The first-order chi connectivity index (χ1) is 17.5. The number of urea groups is 1. The molecular formula is C25H13Cl2F3N2O5. The minimum Gasteiger partial charge on any atom is -0.422 e. The van der Waals surface area contributed by atoms with E-state index in [1.165, 1.54) is 42.5 Å². The normalized spacial score (nSPS) is 15.1. The second-order valence-electron chi connectivity index (χ2n) is 7.56. The van der Waals surface area contributed by atoms with E-state index in [0.717, 1.165) is 24.3 Å². The number of benzene rings is 3. The van der Waals surface area contributed by atoms with Crippen molar-refractivity contribution in [2.45, 2.75) is 6.18 Å². The number of alkyl halides is 3. The van der Waals surface area contributed by atoms with Crippen LogP contribution in [0.15, 0.2) is 72.3 Å². The Hall–Kier alpha value is -4.15. The number of hydrogen-bond donors (Lipinski definition) is 1. The summed E-state index contributed by atoms with van der Waals surface area (Å²) in [7, 11) is 0. The van der Waals surface area contributed by atoms with Gasteiger partial charge in [0.1, 0.15) is 11.3 Å². The molecule has 1 aliphatic heterocycles. The monoisotopic (exact) mass is 548 g/mol. The summed E-state index contributed by atoms with van der Waals surface area (Å²) in [5.74, 6) is -3.17. The van der Waals surface area contributed by atoms with E-state index in [4.69, 9.17) is 27.9 Å². The zero-order valence-corrected chi connectivity index (χ0v) is 19.8. The van der Waals surface area contributed by atoms with Crippen LogP contribution in [0.5, 0.6) is 5.75 Å². The van der Waals surface area contributed by atoms with Crippen molar-refractivity contribution in [2.75, 3.05) is 4.90 Å². The third-order valence-electron chi connectivity index (χ3n) is 5.11. The molecule has 1 aliphatic rings. The third-order valence-corrected chi connectivity index (χ3v) is 5.65. The summed E-state index contributed by atoms with van der Waals surface area (Å²) in [6.45, 7) is 0. The smallest absolute Gasteiger partial charge is 0.416 e. The maximum absolute atomic E-state index is 13.1. The third kappa shape index (κ3) is 5.50. The molecule has 37 heavy (non-hydrogen) atoms. The van der Waals surface area contributed by atoms with E-state index < -0.39 is 46.8 Å². The van der Waals surface area contributed by atoms with Gasteiger partial charge in [-0.2, -0.15) is 13.2 Å². The number of nitrogens with one attached hydrogen (secondary N) is 1. The molecule has 0 bridgehead atoms.